The number of anilines is 1. The van der Waals surface area contributed by atoms with Crippen LogP contribution in [0.3, 0.4) is 0 Å². The number of nitrogens with one attached hydrogen (secondary N) is 1. The molecule has 1 fully saturated rings. The number of carbonyl (C=O) groups is 1. The average Bonchev–Trinajstić information content (AvgIpc) is 3.27. The number of fused-ring (bicyclic) bond motifs is 1. The number of amides is 1. The summed E-state index contributed by atoms with van der Waals surface area (Å²) in [6.07, 6.45) is 3.50. The van der Waals surface area contributed by atoms with Gasteiger partial charge in [-0.1, -0.05) is 0 Å². The third-order valence-electron chi connectivity index (χ3n) is 4.64. The molecule has 136 valence electrons. The minimum absolute atomic E-state index is 0.230. The normalized spacial score (nSPS) is 14.8. The van der Waals surface area contributed by atoms with Crippen molar-refractivity contribution in [1.29, 1.82) is 0 Å². The van der Waals surface area contributed by atoms with Crippen LogP contribution in [0.4, 0.5) is 10.5 Å². The first-order valence-corrected chi connectivity index (χ1v) is 8.80. The lowest BCUT2D eigenvalue weighted by atomic mass is 10.2. The van der Waals surface area contributed by atoms with E-state index in [2.05, 4.69) is 26.0 Å². The lowest BCUT2D eigenvalue weighted by molar-refractivity contribution is 0.105. The largest absolute Gasteiger partial charge is 0.450 e. The summed E-state index contributed by atoms with van der Waals surface area (Å²) in [5.41, 5.74) is 3.81. The Morgan fingerprint density at radius 3 is 2.77 bits per heavy atom. The molecule has 8 heteroatoms. The van der Waals surface area contributed by atoms with Crippen LogP contribution < -0.4 is 4.90 Å². The van der Waals surface area contributed by atoms with E-state index in [0.29, 0.717) is 19.7 Å². The van der Waals surface area contributed by atoms with Crippen LogP contribution in [0, 0.1) is 0 Å². The first kappa shape index (κ1) is 16.4. The summed E-state index contributed by atoms with van der Waals surface area (Å²) in [6, 6.07) is 6.10. The Morgan fingerprint density at radius 1 is 1.27 bits per heavy atom. The second-order valence-electron chi connectivity index (χ2n) is 6.32. The fraction of sp³-hybridized carbons (Fsp3) is 0.389. The summed E-state index contributed by atoms with van der Waals surface area (Å²) >= 11 is 0. The van der Waals surface area contributed by atoms with Crippen molar-refractivity contribution in [3.05, 3.63) is 30.6 Å². The minimum Gasteiger partial charge on any atom is -0.450 e. The first-order valence-electron chi connectivity index (χ1n) is 8.80. The maximum Gasteiger partial charge on any atom is 0.409 e. The molecule has 0 atom stereocenters. The van der Waals surface area contributed by atoms with Gasteiger partial charge >= 0.3 is 6.09 Å². The van der Waals surface area contributed by atoms with Crippen LogP contribution >= 0.6 is 0 Å². The number of hydrogen-bond acceptors (Lipinski definition) is 5. The van der Waals surface area contributed by atoms with E-state index in [0.717, 1.165) is 41.2 Å². The quantitative estimate of drug-likeness (QED) is 0.780. The number of carbonyl (C=O) groups excluding carboxylic acids is 1. The fourth-order valence-electron chi connectivity index (χ4n) is 3.33. The van der Waals surface area contributed by atoms with Gasteiger partial charge in [0.25, 0.3) is 0 Å². The molecule has 8 nitrogen and oxygen atoms in total. The van der Waals surface area contributed by atoms with Crippen molar-refractivity contribution in [2.45, 2.75) is 6.92 Å². The number of aromatic nitrogens is 4. The van der Waals surface area contributed by atoms with Crippen molar-refractivity contribution in [2.24, 2.45) is 7.05 Å². The van der Waals surface area contributed by atoms with Crippen LogP contribution in [-0.4, -0.2) is 63.5 Å². The van der Waals surface area contributed by atoms with Crippen LogP contribution in [0.25, 0.3) is 22.4 Å². The highest BCUT2D eigenvalue weighted by atomic mass is 16.6. The Kier molecular flexibility index (Phi) is 4.24. The zero-order valence-electron chi connectivity index (χ0n) is 15.0. The van der Waals surface area contributed by atoms with Gasteiger partial charge in [0.2, 0.25) is 0 Å². The molecular weight excluding hydrogens is 332 g/mol. The number of aryl methyl sites for hydroxylation is 1. The number of aromatic amines is 1. The molecule has 0 saturated carbocycles. The van der Waals surface area contributed by atoms with Crippen molar-refractivity contribution >= 4 is 22.8 Å². The van der Waals surface area contributed by atoms with Gasteiger partial charge in [0.05, 0.1) is 12.3 Å². The summed E-state index contributed by atoms with van der Waals surface area (Å²) < 4.78 is 6.87. The smallest absolute Gasteiger partial charge is 0.409 e. The molecule has 1 saturated heterocycles. The van der Waals surface area contributed by atoms with E-state index in [4.69, 9.17) is 4.74 Å². The Morgan fingerprint density at radius 2 is 2.08 bits per heavy atom. The summed E-state index contributed by atoms with van der Waals surface area (Å²) in [6.45, 7) is 5.07. The lowest BCUT2D eigenvalue weighted by Gasteiger charge is -2.35. The van der Waals surface area contributed by atoms with E-state index in [9.17, 15) is 4.79 Å². The average molecular weight is 354 g/mol. The lowest BCUT2D eigenvalue weighted by Crippen LogP contribution is -2.49. The fourth-order valence-corrected chi connectivity index (χ4v) is 3.33. The second kappa shape index (κ2) is 6.70. The molecule has 0 aromatic carbocycles. The van der Waals surface area contributed by atoms with E-state index in [1.54, 1.807) is 9.58 Å². The Bertz CT molecular complexity index is 923. The molecule has 1 N–H and O–H groups in total. The van der Waals surface area contributed by atoms with Gasteiger partial charge < -0.3 is 19.5 Å². The molecule has 1 aliphatic heterocycles. The van der Waals surface area contributed by atoms with E-state index in [-0.39, 0.29) is 6.09 Å². The van der Waals surface area contributed by atoms with E-state index in [1.807, 2.05) is 38.5 Å². The highest BCUT2D eigenvalue weighted by Crippen LogP contribution is 2.30. The standard InChI is InChI=1S/C18H22N6O2/c1-3-26-18(25)24-10-8-23(9-11-24)16-4-6-19-17-13(16)12-15(20-17)14-5-7-22(2)21-14/h4-7,12H,3,8-11H2,1-2H3,(H,19,20). The van der Waals surface area contributed by atoms with Crippen LogP contribution in [0.1, 0.15) is 6.92 Å². The molecular formula is C18H22N6O2. The highest BCUT2D eigenvalue weighted by molar-refractivity contribution is 5.93. The van der Waals surface area contributed by atoms with Gasteiger partial charge in [0, 0.05) is 56.7 Å². The molecule has 4 rings (SSSR count). The molecule has 1 amide bonds. The minimum atomic E-state index is -0.230. The van der Waals surface area contributed by atoms with Crippen molar-refractivity contribution in [1.82, 2.24) is 24.6 Å². The zero-order valence-corrected chi connectivity index (χ0v) is 15.0. The van der Waals surface area contributed by atoms with Crippen LogP contribution in [-0.2, 0) is 11.8 Å². The number of pyridine rings is 1. The van der Waals surface area contributed by atoms with Gasteiger partial charge in [-0.3, -0.25) is 4.68 Å². The number of H-pyrrole nitrogens is 1. The summed E-state index contributed by atoms with van der Waals surface area (Å²) in [5, 5.41) is 5.52. The molecule has 0 aliphatic carbocycles. The van der Waals surface area contributed by atoms with Crippen molar-refractivity contribution in [3.8, 4) is 11.4 Å². The van der Waals surface area contributed by atoms with Crippen molar-refractivity contribution in [2.75, 3.05) is 37.7 Å². The van der Waals surface area contributed by atoms with Crippen LogP contribution in [0.2, 0.25) is 0 Å². The van der Waals surface area contributed by atoms with E-state index < -0.39 is 0 Å². The molecule has 0 unspecified atom stereocenters. The third kappa shape index (κ3) is 2.98. The number of rotatable bonds is 3. The summed E-state index contributed by atoms with van der Waals surface area (Å²) in [5.74, 6) is 0. The third-order valence-corrected chi connectivity index (χ3v) is 4.64. The molecule has 0 radical (unpaired) electrons. The number of nitrogens with zero attached hydrogens (tertiary/aromatic N) is 5. The maximum atomic E-state index is 11.9. The SMILES string of the molecule is CCOC(=O)N1CCN(c2ccnc3[nH]c(-c4ccn(C)n4)cc23)CC1. The number of ether oxygens (including phenoxy) is 1. The molecule has 3 aromatic heterocycles. The first-order chi connectivity index (χ1) is 12.7. The zero-order chi connectivity index (χ0) is 18.1. The molecule has 0 spiro atoms. The summed E-state index contributed by atoms with van der Waals surface area (Å²) in [7, 11) is 1.90. The van der Waals surface area contributed by atoms with Gasteiger partial charge in [0.1, 0.15) is 11.3 Å². The monoisotopic (exact) mass is 354 g/mol. The number of piperazine rings is 1. The predicted molar refractivity (Wildman–Crippen MR) is 99.1 cm³/mol. The van der Waals surface area contributed by atoms with Gasteiger partial charge in [0.15, 0.2) is 0 Å². The van der Waals surface area contributed by atoms with E-state index >= 15 is 0 Å². The van der Waals surface area contributed by atoms with Crippen LogP contribution in [0.15, 0.2) is 30.6 Å². The van der Waals surface area contributed by atoms with E-state index in [1.165, 1.54) is 0 Å². The molecule has 1 aliphatic rings. The highest BCUT2D eigenvalue weighted by Gasteiger charge is 2.23. The molecule has 3 aromatic rings. The molecule has 26 heavy (non-hydrogen) atoms. The Labute approximate surface area is 151 Å². The van der Waals surface area contributed by atoms with Crippen LogP contribution in [0.5, 0.6) is 0 Å². The number of hydrogen-bond donors (Lipinski definition) is 1. The molecule has 0 bridgehead atoms. The van der Waals surface area contributed by atoms with Crippen molar-refractivity contribution < 1.29 is 9.53 Å². The topological polar surface area (TPSA) is 79.3 Å². The molecule has 4 heterocycles. The van der Waals surface area contributed by atoms with Gasteiger partial charge in [-0.15, -0.1) is 0 Å². The second-order valence-corrected chi connectivity index (χ2v) is 6.32. The maximum absolute atomic E-state index is 11.9. The predicted octanol–water partition coefficient (Wildman–Crippen LogP) is 2.24. The van der Waals surface area contributed by atoms with Crippen molar-refractivity contribution in [3.63, 3.8) is 0 Å². The van der Waals surface area contributed by atoms with Gasteiger partial charge in [-0.25, -0.2) is 9.78 Å². The van der Waals surface area contributed by atoms with Gasteiger partial charge in [-0.2, -0.15) is 5.10 Å². The van der Waals surface area contributed by atoms with Gasteiger partial charge in [-0.05, 0) is 25.1 Å². The summed E-state index contributed by atoms with van der Waals surface area (Å²) in [4.78, 5) is 23.7. The Balaban J connectivity index is 1.57. The Hall–Kier alpha value is -3.03.